The first-order valence-corrected chi connectivity index (χ1v) is 11.9. The van der Waals surface area contributed by atoms with E-state index >= 15 is 0 Å². The summed E-state index contributed by atoms with van der Waals surface area (Å²) in [6, 6.07) is 11.6. The fourth-order valence-electron chi connectivity index (χ4n) is 3.90. The highest BCUT2D eigenvalue weighted by atomic mass is 32.2. The van der Waals surface area contributed by atoms with E-state index < -0.39 is 21.8 Å². The van der Waals surface area contributed by atoms with Gasteiger partial charge in [0.05, 0.1) is 10.5 Å². The Kier molecular flexibility index (Phi) is 5.28. The molecule has 3 aromatic heterocycles. The first-order valence-electron chi connectivity index (χ1n) is 10.5. The minimum atomic E-state index is -4.55. The molecule has 35 heavy (non-hydrogen) atoms. The topological polar surface area (TPSA) is 101 Å². The Labute approximate surface area is 198 Å². The van der Waals surface area contributed by atoms with Crippen LogP contribution in [0.3, 0.4) is 0 Å². The highest BCUT2D eigenvalue weighted by Crippen LogP contribution is 2.40. The second-order valence-corrected chi connectivity index (χ2v) is 9.84. The number of sulfonamides is 1. The van der Waals surface area contributed by atoms with E-state index in [1.807, 2.05) is 6.92 Å². The smallest absolute Gasteiger partial charge is 0.417 e. The fraction of sp³-hybridized carbons (Fsp3) is 0.174. The summed E-state index contributed by atoms with van der Waals surface area (Å²) in [7, 11) is -3.97. The van der Waals surface area contributed by atoms with Crippen molar-refractivity contribution in [2.75, 3.05) is 10.8 Å². The van der Waals surface area contributed by atoms with Crippen molar-refractivity contribution in [3.05, 3.63) is 77.6 Å². The first-order chi connectivity index (χ1) is 16.6. The summed E-state index contributed by atoms with van der Waals surface area (Å²) < 4.78 is 67.8. The summed E-state index contributed by atoms with van der Waals surface area (Å²) in [5.41, 5.74) is 0.948. The van der Waals surface area contributed by atoms with Crippen molar-refractivity contribution >= 4 is 15.8 Å². The third-order valence-electron chi connectivity index (χ3n) is 5.70. The number of halogens is 3. The zero-order valence-corrected chi connectivity index (χ0v) is 19.0. The number of alkyl halides is 3. The van der Waals surface area contributed by atoms with E-state index in [2.05, 4.69) is 15.1 Å². The fourth-order valence-corrected chi connectivity index (χ4v) is 5.34. The second kappa shape index (κ2) is 8.08. The van der Waals surface area contributed by atoms with Crippen LogP contribution in [0.5, 0.6) is 5.88 Å². The van der Waals surface area contributed by atoms with Crippen molar-refractivity contribution in [1.82, 2.24) is 19.7 Å². The summed E-state index contributed by atoms with van der Waals surface area (Å²) in [6.45, 7) is 1.82. The van der Waals surface area contributed by atoms with E-state index in [4.69, 9.17) is 0 Å². The third-order valence-corrected chi connectivity index (χ3v) is 7.50. The number of aryl methyl sites for hydroxylation is 1. The van der Waals surface area contributed by atoms with E-state index in [1.54, 1.807) is 24.3 Å². The molecule has 1 N–H and O–H groups in total. The van der Waals surface area contributed by atoms with Crippen molar-refractivity contribution in [1.29, 1.82) is 0 Å². The SMILES string of the molecule is Cc1ccc(S(=O)(=O)N2CCc3c(nn(-c4ccc(C(F)(F)F)cn4)c3O)-c3cccnc32)cc1. The van der Waals surface area contributed by atoms with Crippen molar-refractivity contribution < 1.29 is 26.7 Å². The van der Waals surface area contributed by atoms with Gasteiger partial charge in [-0.15, -0.1) is 0 Å². The number of aromatic nitrogens is 4. The van der Waals surface area contributed by atoms with Crippen LogP contribution in [0.2, 0.25) is 0 Å². The Morgan fingerprint density at radius 2 is 1.77 bits per heavy atom. The number of nitrogens with zero attached hydrogens (tertiary/aromatic N) is 5. The number of hydrogen-bond donors (Lipinski definition) is 1. The van der Waals surface area contributed by atoms with Gasteiger partial charge in [0, 0.05) is 30.1 Å². The molecule has 12 heteroatoms. The third kappa shape index (κ3) is 3.89. The minimum absolute atomic E-state index is 0.0156. The van der Waals surface area contributed by atoms with Crippen LogP contribution in [0.4, 0.5) is 19.0 Å². The van der Waals surface area contributed by atoms with E-state index in [-0.39, 0.29) is 41.1 Å². The molecule has 0 radical (unpaired) electrons. The summed E-state index contributed by atoms with van der Waals surface area (Å²) in [5.74, 6) is -0.216. The van der Waals surface area contributed by atoms with E-state index in [9.17, 15) is 26.7 Å². The lowest BCUT2D eigenvalue weighted by atomic mass is 10.1. The molecular weight excluding hydrogens is 483 g/mol. The Balaban J connectivity index is 1.60. The second-order valence-electron chi connectivity index (χ2n) is 7.98. The molecule has 0 fully saturated rings. The van der Waals surface area contributed by atoms with Crippen LogP contribution in [0, 0.1) is 6.92 Å². The van der Waals surface area contributed by atoms with Crippen LogP contribution < -0.4 is 4.31 Å². The molecule has 1 aromatic carbocycles. The predicted molar refractivity (Wildman–Crippen MR) is 121 cm³/mol. The molecular formula is C23H18F3N5O3S. The van der Waals surface area contributed by atoms with Crippen molar-refractivity contribution in [2.45, 2.75) is 24.4 Å². The molecule has 180 valence electrons. The van der Waals surface area contributed by atoms with Gasteiger partial charge in [0.1, 0.15) is 5.69 Å². The number of anilines is 1. The average Bonchev–Trinajstić information content (AvgIpc) is 3.05. The molecule has 4 heterocycles. The molecule has 0 saturated heterocycles. The van der Waals surface area contributed by atoms with Crippen LogP contribution in [-0.4, -0.2) is 39.8 Å². The van der Waals surface area contributed by atoms with Gasteiger partial charge in [-0.3, -0.25) is 0 Å². The normalized spacial score (nSPS) is 13.8. The number of pyridine rings is 2. The number of benzene rings is 1. The minimum Gasteiger partial charge on any atom is -0.493 e. The maximum atomic E-state index is 13.5. The molecule has 0 unspecified atom stereocenters. The summed E-state index contributed by atoms with van der Waals surface area (Å²) in [5, 5.41) is 15.3. The summed E-state index contributed by atoms with van der Waals surface area (Å²) >= 11 is 0. The van der Waals surface area contributed by atoms with Gasteiger partial charge in [-0.1, -0.05) is 17.7 Å². The van der Waals surface area contributed by atoms with Crippen LogP contribution in [-0.2, 0) is 22.6 Å². The molecule has 0 amide bonds. The average molecular weight is 501 g/mol. The predicted octanol–water partition coefficient (Wildman–Crippen LogP) is 4.11. The quantitative estimate of drug-likeness (QED) is 0.453. The van der Waals surface area contributed by atoms with Gasteiger partial charge in [-0.2, -0.15) is 23.0 Å². The maximum absolute atomic E-state index is 13.5. The number of rotatable bonds is 3. The lowest BCUT2D eigenvalue weighted by Crippen LogP contribution is -2.33. The zero-order valence-electron chi connectivity index (χ0n) is 18.2. The largest absolute Gasteiger partial charge is 0.493 e. The van der Waals surface area contributed by atoms with E-state index in [1.165, 1.54) is 22.6 Å². The zero-order chi connectivity index (χ0) is 25.0. The molecule has 0 bridgehead atoms. The van der Waals surface area contributed by atoms with E-state index in [0.717, 1.165) is 22.4 Å². The molecule has 0 saturated carbocycles. The monoisotopic (exact) mass is 501 g/mol. The standard InChI is InChI=1S/C23H18F3N5O3S/c1-14-4-7-16(8-5-14)35(33,34)30-12-10-18-20(17-3-2-11-27-21(17)30)29-31(22(18)32)19-9-6-15(13-28-19)23(24,25)26/h2-9,11,13,32H,10,12H2,1H3. The number of aromatic hydroxyl groups is 1. The highest BCUT2D eigenvalue weighted by molar-refractivity contribution is 7.92. The lowest BCUT2D eigenvalue weighted by molar-refractivity contribution is -0.137. The Bertz CT molecular complexity index is 1520. The Hall–Kier alpha value is -3.93. The van der Waals surface area contributed by atoms with Gasteiger partial charge in [-0.05, 0) is 49.7 Å². The van der Waals surface area contributed by atoms with Crippen molar-refractivity contribution in [3.63, 3.8) is 0 Å². The maximum Gasteiger partial charge on any atom is 0.417 e. The number of fused-ring (bicyclic) bond motifs is 3. The molecule has 0 aliphatic carbocycles. The summed E-state index contributed by atoms with van der Waals surface area (Å²) in [6.07, 6.45) is -2.35. The van der Waals surface area contributed by atoms with Gasteiger partial charge < -0.3 is 5.11 Å². The van der Waals surface area contributed by atoms with Gasteiger partial charge in [-0.25, -0.2) is 22.7 Å². The molecule has 8 nitrogen and oxygen atoms in total. The first kappa shape index (κ1) is 22.8. The Morgan fingerprint density at radius 3 is 2.43 bits per heavy atom. The summed E-state index contributed by atoms with van der Waals surface area (Å²) in [4.78, 5) is 8.19. The molecule has 1 aliphatic rings. The van der Waals surface area contributed by atoms with Crippen LogP contribution in [0.15, 0.2) is 65.8 Å². The molecule has 0 atom stereocenters. The van der Waals surface area contributed by atoms with E-state index in [0.29, 0.717) is 17.3 Å². The molecule has 1 aliphatic heterocycles. The van der Waals surface area contributed by atoms with Gasteiger partial charge >= 0.3 is 6.18 Å². The molecule has 5 rings (SSSR count). The highest BCUT2D eigenvalue weighted by Gasteiger charge is 2.35. The van der Waals surface area contributed by atoms with Crippen molar-refractivity contribution in [3.8, 4) is 23.0 Å². The number of hydrogen-bond acceptors (Lipinski definition) is 6. The molecule has 0 spiro atoms. The van der Waals surface area contributed by atoms with Gasteiger partial charge in [0.15, 0.2) is 11.6 Å². The van der Waals surface area contributed by atoms with Crippen LogP contribution >= 0.6 is 0 Å². The molecule has 4 aromatic rings. The lowest BCUT2D eigenvalue weighted by Gasteiger charge is -2.23. The van der Waals surface area contributed by atoms with Crippen LogP contribution in [0.25, 0.3) is 17.1 Å². The van der Waals surface area contributed by atoms with Gasteiger partial charge in [0.2, 0.25) is 5.88 Å². The Morgan fingerprint density at radius 1 is 1.03 bits per heavy atom. The van der Waals surface area contributed by atoms with Crippen molar-refractivity contribution in [2.24, 2.45) is 0 Å². The van der Waals surface area contributed by atoms with Gasteiger partial charge in [0.25, 0.3) is 10.0 Å². The van der Waals surface area contributed by atoms with Crippen LogP contribution in [0.1, 0.15) is 16.7 Å².